The zero-order valence-corrected chi connectivity index (χ0v) is 11.5. The summed E-state index contributed by atoms with van der Waals surface area (Å²) >= 11 is 0. The summed E-state index contributed by atoms with van der Waals surface area (Å²) in [6.07, 6.45) is 3.17. The molecule has 2 N–H and O–H groups in total. The summed E-state index contributed by atoms with van der Waals surface area (Å²) in [6, 6.07) is 4.94. The quantitative estimate of drug-likeness (QED) is 0.650. The number of benzene rings is 1. The molecule has 0 amide bonds. The number of fused-ring (bicyclic) bond motifs is 1. The molecule has 2 atom stereocenters. The Balaban J connectivity index is 1.90. The van der Waals surface area contributed by atoms with Crippen LogP contribution in [0.2, 0.25) is 0 Å². The topological polar surface area (TPSA) is 95.7 Å². The molecule has 3 rings (SSSR count). The second-order valence-corrected chi connectivity index (χ2v) is 5.55. The van der Waals surface area contributed by atoms with Gasteiger partial charge in [-0.3, -0.25) is 15.0 Å². The summed E-state index contributed by atoms with van der Waals surface area (Å²) in [5, 5.41) is 23.6. The van der Waals surface area contributed by atoms with Gasteiger partial charge in [-0.15, -0.1) is 0 Å². The first-order valence-corrected chi connectivity index (χ1v) is 7.09. The van der Waals surface area contributed by atoms with Crippen LogP contribution in [0, 0.1) is 10.1 Å². The third-order valence-corrected chi connectivity index (χ3v) is 4.40. The molecule has 2 heterocycles. The van der Waals surface area contributed by atoms with Crippen LogP contribution >= 0.6 is 0 Å². The molecular weight excluding hydrogens is 274 g/mol. The van der Waals surface area contributed by atoms with Crippen molar-refractivity contribution in [3.63, 3.8) is 0 Å². The van der Waals surface area contributed by atoms with Gasteiger partial charge < -0.3 is 10.4 Å². The molecule has 2 aliphatic rings. The Morgan fingerprint density at radius 3 is 2.90 bits per heavy atom. The Hall–Kier alpha value is -2.15. The van der Waals surface area contributed by atoms with Crippen LogP contribution in [0.4, 0.5) is 11.4 Å². The largest absolute Gasteiger partial charge is 0.477 e. The van der Waals surface area contributed by atoms with E-state index in [-0.39, 0.29) is 17.3 Å². The van der Waals surface area contributed by atoms with Gasteiger partial charge in [0.1, 0.15) is 11.3 Å². The maximum Gasteiger partial charge on any atom is 0.342 e. The SMILES string of the molecule is O=C(O)c1cccc(NC2CCN3CCCC23)c1[N+](=O)[O-]. The molecule has 112 valence electrons. The van der Waals surface area contributed by atoms with Gasteiger partial charge >= 0.3 is 11.7 Å². The summed E-state index contributed by atoms with van der Waals surface area (Å²) < 4.78 is 0. The Morgan fingerprint density at radius 2 is 2.19 bits per heavy atom. The lowest BCUT2D eigenvalue weighted by Crippen LogP contribution is -2.34. The van der Waals surface area contributed by atoms with Crippen LogP contribution < -0.4 is 5.32 Å². The normalized spacial score (nSPS) is 24.8. The standard InChI is InChI=1S/C14H17N3O4/c18-14(19)9-3-1-4-11(13(9)17(20)21)15-10-6-8-16-7-2-5-12(10)16/h1,3-4,10,12,15H,2,5-8H2,(H,18,19). The Kier molecular flexibility index (Phi) is 3.50. The molecule has 0 aromatic heterocycles. The molecule has 7 nitrogen and oxygen atoms in total. The molecule has 2 fully saturated rings. The summed E-state index contributed by atoms with van der Waals surface area (Å²) in [5.74, 6) is -1.28. The van der Waals surface area contributed by atoms with Crippen molar-refractivity contribution in [2.24, 2.45) is 0 Å². The van der Waals surface area contributed by atoms with Crippen LogP contribution in [0.5, 0.6) is 0 Å². The van der Waals surface area contributed by atoms with Crippen molar-refractivity contribution >= 4 is 17.3 Å². The van der Waals surface area contributed by atoms with Crippen molar-refractivity contribution in [1.82, 2.24) is 4.90 Å². The fourth-order valence-corrected chi connectivity index (χ4v) is 3.48. The first-order valence-electron chi connectivity index (χ1n) is 7.09. The van der Waals surface area contributed by atoms with Gasteiger partial charge in [0, 0.05) is 18.6 Å². The third-order valence-electron chi connectivity index (χ3n) is 4.40. The van der Waals surface area contributed by atoms with Gasteiger partial charge in [-0.1, -0.05) is 6.07 Å². The highest BCUT2D eigenvalue weighted by Gasteiger charge is 2.38. The van der Waals surface area contributed by atoms with E-state index in [2.05, 4.69) is 10.2 Å². The Morgan fingerprint density at radius 1 is 1.38 bits per heavy atom. The van der Waals surface area contributed by atoms with Crippen LogP contribution in [0.1, 0.15) is 29.6 Å². The van der Waals surface area contributed by atoms with E-state index in [1.54, 1.807) is 12.1 Å². The van der Waals surface area contributed by atoms with Gasteiger partial charge in [0.15, 0.2) is 0 Å². The number of carbonyl (C=O) groups is 1. The zero-order valence-electron chi connectivity index (χ0n) is 11.5. The number of para-hydroxylation sites is 1. The van der Waals surface area contributed by atoms with Crippen LogP contribution in [0.25, 0.3) is 0 Å². The summed E-state index contributed by atoms with van der Waals surface area (Å²) in [4.78, 5) is 24.2. The molecule has 7 heteroatoms. The number of nitrogens with zero attached hydrogens (tertiary/aromatic N) is 2. The van der Waals surface area contributed by atoms with E-state index in [1.165, 1.54) is 6.07 Å². The number of hydrogen-bond donors (Lipinski definition) is 2. The number of rotatable bonds is 4. The van der Waals surface area contributed by atoms with E-state index in [0.29, 0.717) is 11.7 Å². The zero-order chi connectivity index (χ0) is 15.0. The smallest absolute Gasteiger partial charge is 0.342 e. The molecule has 0 bridgehead atoms. The van der Waals surface area contributed by atoms with Crippen molar-refractivity contribution in [2.75, 3.05) is 18.4 Å². The number of nitrogens with one attached hydrogen (secondary N) is 1. The summed E-state index contributed by atoms with van der Waals surface area (Å²) in [7, 11) is 0. The maximum absolute atomic E-state index is 11.2. The molecule has 0 saturated carbocycles. The Labute approximate surface area is 121 Å². The van der Waals surface area contributed by atoms with Gasteiger partial charge in [0.25, 0.3) is 0 Å². The minimum Gasteiger partial charge on any atom is -0.477 e. The summed E-state index contributed by atoms with van der Waals surface area (Å²) in [5.41, 5.74) is -0.314. The van der Waals surface area contributed by atoms with Crippen LogP contribution in [0.15, 0.2) is 18.2 Å². The Bertz CT molecular complexity index is 590. The molecule has 2 unspecified atom stereocenters. The predicted octanol–water partition coefficient (Wildman–Crippen LogP) is 1.94. The highest BCUT2D eigenvalue weighted by Crippen LogP contribution is 2.34. The van der Waals surface area contributed by atoms with Crippen molar-refractivity contribution in [2.45, 2.75) is 31.3 Å². The van der Waals surface area contributed by atoms with Crippen molar-refractivity contribution in [1.29, 1.82) is 0 Å². The molecule has 2 aliphatic heterocycles. The fraction of sp³-hybridized carbons (Fsp3) is 0.500. The lowest BCUT2D eigenvalue weighted by Gasteiger charge is -2.22. The van der Waals surface area contributed by atoms with E-state index in [4.69, 9.17) is 5.11 Å². The van der Waals surface area contributed by atoms with Crippen LogP contribution in [-0.2, 0) is 0 Å². The van der Waals surface area contributed by atoms with Gasteiger partial charge in [-0.05, 0) is 37.9 Å². The van der Waals surface area contributed by atoms with E-state index >= 15 is 0 Å². The molecule has 1 aromatic rings. The average Bonchev–Trinajstić information content (AvgIpc) is 3.03. The molecule has 0 aliphatic carbocycles. The molecule has 0 spiro atoms. The first kappa shape index (κ1) is 13.8. The molecular formula is C14H17N3O4. The molecule has 1 aromatic carbocycles. The number of carboxylic acids is 1. The third kappa shape index (κ3) is 2.44. The van der Waals surface area contributed by atoms with Gasteiger partial charge in [0.05, 0.1) is 4.92 Å². The number of nitro benzene ring substituents is 1. The fourth-order valence-electron chi connectivity index (χ4n) is 3.48. The number of nitro groups is 1. The van der Waals surface area contributed by atoms with Crippen molar-refractivity contribution in [3.05, 3.63) is 33.9 Å². The highest BCUT2D eigenvalue weighted by molar-refractivity contribution is 5.95. The minimum atomic E-state index is -1.28. The number of aromatic carboxylic acids is 1. The second-order valence-electron chi connectivity index (χ2n) is 5.55. The van der Waals surface area contributed by atoms with Crippen molar-refractivity contribution in [3.8, 4) is 0 Å². The maximum atomic E-state index is 11.2. The van der Waals surface area contributed by atoms with Gasteiger partial charge in [-0.25, -0.2) is 4.79 Å². The lowest BCUT2D eigenvalue weighted by molar-refractivity contribution is -0.384. The van der Waals surface area contributed by atoms with Crippen molar-refractivity contribution < 1.29 is 14.8 Å². The van der Waals surface area contributed by atoms with E-state index in [1.807, 2.05) is 0 Å². The molecule has 2 saturated heterocycles. The van der Waals surface area contributed by atoms with Gasteiger partial charge in [-0.2, -0.15) is 0 Å². The van der Waals surface area contributed by atoms with Crippen LogP contribution in [-0.4, -0.2) is 46.1 Å². The van der Waals surface area contributed by atoms with E-state index < -0.39 is 10.9 Å². The van der Waals surface area contributed by atoms with E-state index in [0.717, 1.165) is 32.4 Å². The second kappa shape index (κ2) is 5.33. The summed E-state index contributed by atoms with van der Waals surface area (Å²) in [6.45, 7) is 2.08. The number of carboxylic acid groups (broad SMARTS) is 1. The monoisotopic (exact) mass is 291 g/mol. The first-order chi connectivity index (χ1) is 10.1. The van der Waals surface area contributed by atoms with Gasteiger partial charge in [0.2, 0.25) is 0 Å². The van der Waals surface area contributed by atoms with E-state index in [9.17, 15) is 14.9 Å². The molecule has 21 heavy (non-hydrogen) atoms. The minimum absolute atomic E-state index is 0.148. The molecule has 0 radical (unpaired) electrons. The number of hydrogen-bond acceptors (Lipinski definition) is 5. The predicted molar refractivity (Wildman–Crippen MR) is 76.7 cm³/mol. The van der Waals surface area contributed by atoms with Crippen LogP contribution in [0.3, 0.4) is 0 Å². The highest BCUT2D eigenvalue weighted by atomic mass is 16.6. The number of anilines is 1. The average molecular weight is 291 g/mol. The lowest BCUT2D eigenvalue weighted by atomic mass is 10.0.